The number of hydrogen-bond donors (Lipinski definition) is 1. The van der Waals surface area contributed by atoms with Gasteiger partial charge in [0, 0.05) is 19.3 Å². The molecule has 1 fully saturated rings. The highest BCUT2D eigenvalue weighted by Gasteiger charge is 2.15. The first-order valence-electron chi connectivity index (χ1n) is 5.06. The van der Waals surface area contributed by atoms with Gasteiger partial charge >= 0.3 is 0 Å². The van der Waals surface area contributed by atoms with E-state index in [1.807, 2.05) is 12.3 Å². The van der Waals surface area contributed by atoms with E-state index in [-0.39, 0.29) is 12.4 Å². The van der Waals surface area contributed by atoms with Gasteiger partial charge in [0.15, 0.2) is 0 Å². The number of aromatic nitrogens is 3. The van der Waals surface area contributed by atoms with Crippen molar-refractivity contribution in [1.29, 1.82) is 0 Å². The number of H-pyrrole nitrogens is 1. The number of morpholine rings is 1. The summed E-state index contributed by atoms with van der Waals surface area (Å²) in [5.41, 5.74) is 0.895. The summed E-state index contributed by atoms with van der Waals surface area (Å²) in [6.45, 7) is 3.35. The van der Waals surface area contributed by atoms with Gasteiger partial charge in [0.1, 0.15) is 17.8 Å². The molecule has 0 aromatic carbocycles. The van der Waals surface area contributed by atoms with Crippen LogP contribution in [-0.4, -0.2) is 41.3 Å². The van der Waals surface area contributed by atoms with E-state index in [9.17, 15) is 0 Å². The van der Waals surface area contributed by atoms with Crippen LogP contribution in [0.1, 0.15) is 0 Å². The molecule has 86 valence electrons. The summed E-state index contributed by atoms with van der Waals surface area (Å²) in [6, 6.07) is 2.01. The minimum absolute atomic E-state index is 0. The van der Waals surface area contributed by atoms with Crippen LogP contribution in [0.2, 0.25) is 0 Å². The van der Waals surface area contributed by atoms with Crippen LogP contribution >= 0.6 is 12.4 Å². The quantitative estimate of drug-likeness (QED) is 0.814. The highest BCUT2D eigenvalue weighted by Crippen LogP contribution is 2.22. The fourth-order valence-corrected chi connectivity index (χ4v) is 1.89. The van der Waals surface area contributed by atoms with Crippen molar-refractivity contribution >= 4 is 29.3 Å². The fourth-order valence-electron chi connectivity index (χ4n) is 1.89. The Balaban J connectivity index is 0.000000963. The van der Waals surface area contributed by atoms with Gasteiger partial charge < -0.3 is 14.6 Å². The molecule has 0 radical (unpaired) electrons. The molecule has 16 heavy (non-hydrogen) atoms. The Hall–Kier alpha value is -1.33. The Kier molecular flexibility index (Phi) is 3.26. The van der Waals surface area contributed by atoms with Gasteiger partial charge in [0.25, 0.3) is 0 Å². The molecule has 3 rings (SSSR count). The van der Waals surface area contributed by atoms with Crippen LogP contribution in [0.25, 0.3) is 11.0 Å². The summed E-state index contributed by atoms with van der Waals surface area (Å²) in [5.74, 6) is 1.00. The average molecular weight is 241 g/mol. The molecule has 1 aliphatic rings. The maximum atomic E-state index is 5.32. The Morgan fingerprint density at radius 3 is 2.88 bits per heavy atom. The molecule has 6 heteroatoms. The lowest BCUT2D eigenvalue weighted by Gasteiger charge is -2.27. The van der Waals surface area contributed by atoms with Gasteiger partial charge in [-0.15, -0.1) is 12.4 Å². The predicted octanol–water partition coefficient (Wildman–Crippen LogP) is 1.22. The van der Waals surface area contributed by atoms with Gasteiger partial charge in [-0.3, -0.25) is 0 Å². The third kappa shape index (κ3) is 1.83. The molecule has 0 aliphatic carbocycles. The van der Waals surface area contributed by atoms with Gasteiger partial charge in [-0.25, -0.2) is 9.97 Å². The molecule has 0 amide bonds. The zero-order valence-electron chi connectivity index (χ0n) is 8.72. The Labute approximate surface area is 99.2 Å². The van der Waals surface area contributed by atoms with E-state index in [2.05, 4.69) is 19.9 Å². The summed E-state index contributed by atoms with van der Waals surface area (Å²) in [7, 11) is 0. The second-order valence-corrected chi connectivity index (χ2v) is 3.54. The number of fused-ring (bicyclic) bond motifs is 1. The maximum absolute atomic E-state index is 5.32. The molecule has 1 aliphatic heterocycles. The lowest BCUT2D eigenvalue weighted by Crippen LogP contribution is -2.36. The van der Waals surface area contributed by atoms with Crippen molar-refractivity contribution in [2.75, 3.05) is 31.2 Å². The van der Waals surface area contributed by atoms with E-state index < -0.39 is 0 Å². The van der Waals surface area contributed by atoms with Crippen LogP contribution < -0.4 is 4.90 Å². The molecule has 5 nitrogen and oxygen atoms in total. The summed E-state index contributed by atoms with van der Waals surface area (Å²) in [4.78, 5) is 13.8. The minimum atomic E-state index is 0. The van der Waals surface area contributed by atoms with Crippen molar-refractivity contribution in [3.8, 4) is 0 Å². The zero-order chi connectivity index (χ0) is 10.1. The molecule has 0 spiro atoms. The first-order valence-corrected chi connectivity index (χ1v) is 5.06. The monoisotopic (exact) mass is 240 g/mol. The van der Waals surface area contributed by atoms with Gasteiger partial charge in [0.05, 0.1) is 18.6 Å². The van der Waals surface area contributed by atoms with Gasteiger partial charge in [-0.1, -0.05) is 0 Å². The second kappa shape index (κ2) is 4.67. The van der Waals surface area contributed by atoms with Crippen LogP contribution in [0, 0.1) is 0 Å². The van der Waals surface area contributed by atoms with E-state index in [1.165, 1.54) is 0 Å². The van der Waals surface area contributed by atoms with E-state index in [0.717, 1.165) is 43.2 Å². The number of hydrogen-bond acceptors (Lipinski definition) is 4. The normalized spacial score (nSPS) is 16.1. The summed E-state index contributed by atoms with van der Waals surface area (Å²) >= 11 is 0. The van der Waals surface area contributed by atoms with E-state index in [4.69, 9.17) is 4.74 Å². The first-order chi connectivity index (χ1) is 7.45. The van der Waals surface area contributed by atoms with Crippen molar-refractivity contribution < 1.29 is 4.74 Å². The number of rotatable bonds is 1. The molecule has 2 aromatic heterocycles. The van der Waals surface area contributed by atoms with Crippen LogP contribution in [0.15, 0.2) is 18.6 Å². The number of ether oxygens (including phenoxy) is 1. The Morgan fingerprint density at radius 1 is 1.25 bits per heavy atom. The molecule has 1 saturated heterocycles. The second-order valence-electron chi connectivity index (χ2n) is 3.54. The lowest BCUT2D eigenvalue weighted by atomic mass is 10.3. The highest BCUT2D eigenvalue weighted by atomic mass is 35.5. The number of halogens is 1. The minimum Gasteiger partial charge on any atom is -0.378 e. The summed E-state index contributed by atoms with van der Waals surface area (Å²) < 4.78 is 5.32. The molecule has 3 heterocycles. The average Bonchev–Trinajstić information content (AvgIpc) is 2.78. The lowest BCUT2D eigenvalue weighted by molar-refractivity contribution is 0.122. The van der Waals surface area contributed by atoms with Crippen LogP contribution in [0.3, 0.4) is 0 Å². The van der Waals surface area contributed by atoms with Gasteiger partial charge in [0.2, 0.25) is 0 Å². The predicted molar refractivity (Wildman–Crippen MR) is 64.2 cm³/mol. The first kappa shape index (κ1) is 11.2. The maximum Gasteiger partial charge on any atom is 0.142 e. The number of nitrogens with zero attached hydrogens (tertiary/aromatic N) is 3. The third-order valence-electron chi connectivity index (χ3n) is 2.64. The van der Waals surface area contributed by atoms with Crippen molar-refractivity contribution in [3.63, 3.8) is 0 Å². The van der Waals surface area contributed by atoms with Crippen LogP contribution in [0.5, 0.6) is 0 Å². The van der Waals surface area contributed by atoms with Crippen molar-refractivity contribution in [2.45, 2.75) is 0 Å². The zero-order valence-corrected chi connectivity index (χ0v) is 9.54. The summed E-state index contributed by atoms with van der Waals surface area (Å²) in [5, 5.41) is 1.08. The number of anilines is 1. The van der Waals surface area contributed by atoms with Crippen LogP contribution in [-0.2, 0) is 4.74 Å². The van der Waals surface area contributed by atoms with Crippen molar-refractivity contribution in [2.24, 2.45) is 0 Å². The number of nitrogens with one attached hydrogen (secondary N) is 1. The van der Waals surface area contributed by atoms with E-state index in [0.29, 0.717) is 0 Å². The largest absolute Gasteiger partial charge is 0.378 e. The highest BCUT2D eigenvalue weighted by molar-refractivity contribution is 5.87. The fraction of sp³-hybridized carbons (Fsp3) is 0.400. The van der Waals surface area contributed by atoms with Crippen LogP contribution in [0.4, 0.5) is 5.82 Å². The molecule has 0 saturated carbocycles. The standard InChI is InChI=1S/C10H12N4O.ClH/c1-2-11-9-8(1)10(13-7-12-9)14-3-5-15-6-4-14;/h1-2,7H,3-6H2,(H,11,12,13);1H. The van der Waals surface area contributed by atoms with Gasteiger partial charge in [-0.05, 0) is 6.07 Å². The Bertz CT molecular complexity index is 467. The van der Waals surface area contributed by atoms with Crippen molar-refractivity contribution in [3.05, 3.63) is 18.6 Å². The molecule has 1 N–H and O–H groups in total. The topological polar surface area (TPSA) is 54.0 Å². The third-order valence-corrected chi connectivity index (χ3v) is 2.64. The molecular formula is C10H13ClN4O. The van der Waals surface area contributed by atoms with Crippen molar-refractivity contribution in [1.82, 2.24) is 15.0 Å². The summed E-state index contributed by atoms with van der Waals surface area (Å²) in [6.07, 6.45) is 3.49. The Morgan fingerprint density at radius 2 is 2.06 bits per heavy atom. The molecule has 0 bridgehead atoms. The molecular weight excluding hydrogens is 228 g/mol. The van der Waals surface area contributed by atoms with E-state index in [1.54, 1.807) is 6.33 Å². The van der Waals surface area contributed by atoms with E-state index >= 15 is 0 Å². The molecule has 2 aromatic rings. The number of aromatic amines is 1. The van der Waals surface area contributed by atoms with Gasteiger partial charge in [-0.2, -0.15) is 0 Å². The smallest absolute Gasteiger partial charge is 0.142 e. The molecule has 0 atom stereocenters. The SMILES string of the molecule is Cl.c1nc(N2CCOCC2)c2cc[nH]c2n1. The molecule has 0 unspecified atom stereocenters.